The molecule has 0 aliphatic rings. The molecule has 18 heavy (non-hydrogen) atoms. The second-order valence-electron chi connectivity index (χ2n) is 2.86. The van der Waals surface area contributed by atoms with E-state index in [0.717, 1.165) is 5.56 Å². The van der Waals surface area contributed by atoms with E-state index in [9.17, 15) is 14.4 Å². The Kier molecular flexibility index (Phi) is 13.7. The van der Waals surface area contributed by atoms with Crippen LogP contribution >= 0.6 is 7.82 Å². The Morgan fingerprint density at radius 1 is 1.11 bits per heavy atom. The van der Waals surface area contributed by atoms with E-state index >= 15 is 0 Å². The standard InChI is InChI=1S/C10H13O5P.2Na/c11-16(12,13)15-9-8-14-7-6-10-4-2-1-3-5-10;;/h1-7H,8-9H2,(H2,11,12,13);;/q;2*+1/p-2. The summed E-state index contributed by atoms with van der Waals surface area (Å²) in [6.07, 6.45) is 3.13. The van der Waals surface area contributed by atoms with E-state index in [2.05, 4.69) is 4.52 Å². The summed E-state index contributed by atoms with van der Waals surface area (Å²) in [6.45, 7) is -0.263. The Morgan fingerprint density at radius 3 is 2.28 bits per heavy atom. The number of phosphoric acid groups is 1. The maximum absolute atomic E-state index is 10.1. The van der Waals surface area contributed by atoms with Crippen LogP contribution in [-0.4, -0.2) is 13.2 Å². The van der Waals surface area contributed by atoms with E-state index in [1.165, 1.54) is 6.26 Å². The molecule has 0 aliphatic carbocycles. The van der Waals surface area contributed by atoms with Gasteiger partial charge in [-0.1, -0.05) is 30.3 Å². The van der Waals surface area contributed by atoms with E-state index in [0.29, 0.717) is 0 Å². The van der Waals surface area contributed by atoms with Crippen molar-refractivity contribution in [2.75, 3.05) is 13.2 Å². The van der Waals surface area contributed by atoms with Gasteiger partial charge in [0.2, 0.25) is 0 Å². The van der Waals surface area contributed by atoms with Crippen LogP contribution < -0.4 is 68.9 Å². The third kappa shape index (κ3) is 11.9. The molecule has 0 bridgehead atoms. The van der Waals surface area contributed by atoms with Crippen molar-refractivity contribution < 1.29 is 82.7 Å². The Bertz CT molecular complexity index is 379. The van der Waals surface area contributed by atoms with Crippen molar-refractivity contribution in [3.8, 4) is 0 Å². The molecule has 88 valence electrons. The van der Waals surface area contributed by atoms with Gasteiger partial charge in [0.25, 0.3) is 0 Å². The topological polar surface area (TPSA) is 81.7 Å². The smallest absolute Gasteiger partial charge is 0.790 e. The number of benzene rings is 1. The molecule has 0 fully saturated rings. The van der Waals surface area contributed by atoms with Gasteiger partial charge >= 0.3 is 59.1 Å². The fourth-order valence-corrected chi connectivity index (χ4v) is 1.25. The average Bonchev–Trinajstić information content (AvgIpc) is 2.23. The molecule has 0 radical (unpaired) electrons. The minimum Gasteiger partial charge on any atom is -0.790 e. The molecule has 1 aromatic carbocycles. The fraction of sp³-hybridized carbons (Fsp3) is 0.200. The van der Waals surface area contributed by atoms with Gasteiger partial charge in [-0.15, -0.1) is 0 Å². The fourth-order valence-electron chi connectivity index (χ4n) is 0.956. The predicted molar refractivity (Wildman–Crippen MR) is 55.0 cm³/mol. The van der Waals surface area contributed by atoms with E-state index in [-0.39, 0.29) is 72.3 Å². The molecule has 0 saturated heterocycles. The number of ether oxygens (including phenoxy) is 1. The van der Waals surface area contributed by atoms with Crippen LogP contribution in [0.25, 0.3) is 6.08 Å². The minimum absolute atomic E-state index is 0. The van der Waals surface area contributed by atoms with Crippen molar-refractivity contribution in [2.45, 2.75) is 0 Å². The Morgan fingerprint density at radius 2 is 1.72 bits per heavy atom. The van der Waals surface area contributed by atoms with Crippen LogP contribution in [0.4, 0.5) is 0 Å². The zero-order chi connectivity index (χ0) is 11.9. The molecule has 1 aromatic rings. The molecule has 0 N–H and O–H groups in total. The van der Waals surface area contributed by atoms with Crippen molar-refractivity contribution in [3.05, 3.63) is 42.2 Å². The van der Waals surface area contributed by atoms with Crippen molar-refractivity contribution in [2.24, 2.45) is 0 Å². The van der Waals surface area contributed by atoms with Gasteiger partial charge < -0.3 is 23.6 Å². The van der Waals surface area contributed by atoms with Gasteiger partial charge in [-0.05, 0) is 11.6 Å². The molecule has 0 aromatic heterocycles. The summed E-state index contributed by atoms with van der Waals surface area (Å²) in [4.78, 5) is 20.1. The second kappa shape index (κ2) is 11.7. The van der Waals surface area contributed by atoms with Crippen LogP contribution in [-0.2, 0) is 13.8 Å². The number of rotatable bonds is 6. The van der Waals surface area contributed by atoms with E-state index < -0.39 is 7.82 Å². The molecular weight excluding hydrogens is 277 g/mol. The van der Waals surface area contributed by atoms with Gasteiger partial charge in [0, 0.05) is 0 Å². The molecule has 0 unspecified atom stereocenters. The van der Waals surface area contributed by atoms with Gasteiger partial charge in [0.1, 0.15) is 6.61 Å². The quantitative estimate of drug-likeness (QED) is 0.226. The van der Waals surface area contributed by atoms with Gasteiger partial charge in [-0.2, -0.15) is 0 Å². The summed E-state index contributed by atoms with van der Waals surface area (Å²) in [5, 5.41) is 0. The monoisotopic (exact) mass is 288 g/mol. The molecule has 8 heteroatoms. The summed E-state index contributed by atoms with van der Waals surface area (Å²) in [5.74, 6) is 0. The minimum atomic E-state index is -4.88. The first-order valence-electron chi connectivity index (χ1n) is 4.58. The molecule has 1 rings (SSSR count). The third-order valence-corrected chi connectivity index (χ3v) is 2.11. The summed E-state index contributed by atoms with van der Waals surface area (Å²) in [6, 6.07) is 9.44. The number of hydrogen-bond donors (Lipinski definition) is 0. The van der Waals surface area contributed by atoms with Crippen LogP contribution in [0.2, 0.25) is 0 Å². The zero-order valence-electron chi connectivity index (χ0n) is 10.4. The molecule has 0 aliphatic heterocycles. The summed E-state index contributed by atoms with van der Waals surface area (Å²) < 4.78 is 19.0. The van der Waals surface area contributed by atoms with Crippen LogP contribution in [0.15, 0.2) is 36.6 Å². The van der Waals surface area contributed by atoms with E-state index in [1.54, 1.807) is 6.08 Å². The Labute approximate surface area is 150 Å². The molecular formula is C10H11Na2O5P. The first-order chi connectivity index (χ1) is 7.58. The SMILES string of the molecule is O=P([O-])([O-])OCCOC=Cc1ccccc1.[Na+].[Na+]. The molecule has 0 heterocycles. The van der Waals surface area contributed by atoms with Crippen molar-refractivity contribution in [3.63, 3.8) is 0 Å². The third-order valence-electron chi connectivity index (χ3n) is 1.61. The number of hydrogen-bond acceptors (Lipinski definition) is 5. The molecule has 0 atom stereocenters. The van der Waals surface area contributed by atoms with Crippen molar-refractivity contribution in [1.82, 2.24) is 0 Å². The van der Waals surface area contributed by atoms with Crippen molar-refractivity contribution >= 4 is 13.9 Å². The van der Waals surface area contributed by atoms with Crippen LogP contribution in [0.5, 0.6) is 0 Å². The molecule has 5 nitrogen and oxygen atoms in total. The average molecular weight is 288 g/mol. The normalized spacial score (nSPS) is 10.6. The first-order valence-corrected chi connectivity index (χ1v) is 6.04. The van der Waals surface area contributed by atoms with Gasteiger partial charge in [-0.3, -0.25) is 0 Å². The maximum Gasteiger partial charge on any atom is 1.00 e. The van der Waals surface area contributed by atoms with Crippen LogP contribution in [0, 0.1) is 0 Å². The van der Waals surface area contributed by atoms with Crippen LogP contribution in [0.1, 0.15) is 5.56 Å². The summed E-state index contributed by atoms with van der Waals surface area (Å²) in [7, 11) is -4.88. The molecule has 0 saturated carbocycles. The molecule has 0 amide bonds. The first kappa shape index (κ1) is 21.2. The van der Waals surface area contributed by atoms with Gasteiger partial charge in [-0.25, -0.2) is 0 Å². The van der Waals surface area contributed by atoms with Crippen molar-refractivity contribution in [1.29, 1.82) is 0 Å². The van der Waals surface area contributed by atoms with Gasteiger partial charge in [0.15, 0.2) is 0 Å². The number of phosphoric ester groups is 1. The van der Waals surface area contributed by atoms with E-state index in [4.69, 9.17) is 4.74 Å². The van der Waals surface area contributed by atoms with E-state index in [1.807, 2.05) is 30.3 Å². The summed E-state index contributed by atoms with van der Waals surface area (Å²) in [5.41, 5.74) is 0.960. The summed E-state index contributed by atoms with van der Waals surface area (Å²) >= 11 is 0. The zero-order valence-corrected chi connectivity index (χ0v) is 15.3. The predicted octanol–water partition coefficient (Wildman–Crippen LogP) is -5.47. The van der Waals surface area contributed by atoms with Crippen LogP contribution in [0.3, 0.4) is 0 Å². The largest absolute Gasteiger partial charge is 1.00 e. The maximum atomic E-state index is 10.1. The molecule has 0 spiro atoms. The second-order valence-corrected chi connectivity index (χ2v) is 4.02. The Balaban J connectivity index is 0. The van der Waals surface area contributed by atoms with Gasteiger partial charge in [0.05, 0.1) is 20.7 Å². The Hall–Kier alpha value is 0.870.